The first-order chi connectivity index (χ1) is 13.8. The van der Waals surface area contributed by atoms with Gasteiger partial charge in [0.25, 0.3) is 5.91 Å². The van der Waals surface area contributed by atoms with Crippen molar-refractivity contribution in [2.45, 2.75) is 51.3 Å². The molecule has 1 aliphatic rings. The maximum atomic E-state index is 12.7. The van der Waals surface area contributed by atoms with Crippen LogP contribution in [0.1, 0.15) is 58.7 Å². The fourth-order valence-electron chi connectivity index (χ4n) is 3.61. The van der Waals surface area contributed by atoms with Crippen LogP contribution in [0.4, 0.5) is 5.00 Å². The molecule has 0 unspecified atom stereocenters. The van der Waals surface area contributed by atoms with Crippen LogP contribution < -0.4 is 10.6 Å². The number of hydrogen-bond acceptors (Lipinski definition) is 7. The second kappa shape index (κ2) is 11.0. The lowest BCUT2D eigenvalue weighted by Crippen LogP contribution is -2.37. The number of ether oxygens (including phenoxy) is 1. The summed E-state index contributed by atoms with van der Waals surface area (Å²) in [4.78, 5) is 39.7. The molecule has 1 aromatic heterocycles. The molecule has 0 aromatic carbocycles. The Labute approximate surface area is 180 Å². The molecule has 0 aliphatic heterocycles. The van der Waals surface area contributed by atoms with Gasteiger partial charge in [0, 0.05) is 18.3 Å². The number of thiophene rings is 1. The first-order valence-corrected chi connectivity index (χ1v) is 11.8. The predicted molar refractivity (Wildman–Crippen MR) is 119 cm³/mol. The maximum absolute atomic E-state index is 12.7. The molecule has 1 fully saturated rings. The predicted octanol–water partition coefficient (Wildman–Crippen LogP) is 3.14. The fourth-order valence-corrected chi connectivity index (χ4v) is 5.90. The summed E-state index contributed by atoms with van der Waals surface area (Å²) in [6.45, 7) is 6.05. The molecule has 1 heterocycles. The number of thioether (sulfide) groups is 1. The summed E-state index contributed by atoms with van der Waals surface area (Å²) < 4.78 is 5.13. The summed E-state index contributed by atoms with van der Waals surface area (Å²) >= 11 is 3.09. The van der Waals surface area contributed by atoms with Crippen molar-refractivity contribution < 1.29 is 19.1 Å². The molecule has 9 heteroatoms. The summed E-state index contributed by atoms with van der Waals surface area (Å²) in [6.07, 6.45) is 3.37. The van der Waals surface area contributed by atoms with Crippen LogP contribution in [0, 0.1) is 6.92 Å². The number of carbonyl (C=O) groups excluding carboxylic acids is 3. The fraction of sp³-hybridized carbons (Fsp3) is 0.650. The van der Waals surface area contributed by atoms with E-state index in [1.807, 2.05) is 18.8 Å². The van der Waals surface area contributed by atoms with E-state index >= 15 is 0 Å². The third-order valence-corrected chi connectivity index (χ3v) is 7.53. The molecule has 29 heavy (non-hydrogen) atoms. The Bertz CT molecular complexity index is 750. The van der Waals surface area contributed by atoms with Crippen molar-refractivity contribution in [3.63, 3.8) is 0 Å². The molecule has 162 valence electrons. The minimum absolute atomic E-state index is 0.200. The molecule has 0 spiro atoms. The average Bonchev–Trinajstić information content (AvgIpc) is 3.26. The van der Waals surface area contributed by atoms with Gasteiger partial charge < -0.3 is 15.4 Å². The van der Waals surface area contributed by atoms with E-state index in [-0.39, 0.29) is 30.5 Å². The number of nitrogens with one attached hydrogen (secondary N) is 2. The molecule has 7 nitrogen and oxygen atoms in total. The minimum Gasteiger partial charge on any atom is -0.462 e. The maximum Gasteiger partial charge on any atom is 0.341 e. The largest absolute Gasteiger partial charge is 0.462 e. The van der Waals surface area contributed by atoms with Crippen molar-refractivity contribution in [2.75, 3.05) is 38.3 Å². The van der Waals surface area contributed by atoms with Gasteiger partial charge in [-0.1, -0.05) is 6.92 Å². The first-order valence-electron chi connectivity index (χ1n) is 9.96. The van der Waals surface area contributed by atoms with Gasteiger partial charge in [0.2, 0.25) is 5.91 Å². The first kappa shape index (κ1) is 23.7. The second-order valence-electron chi connectivity index (χ2n) is 7.07. The van der Waals surface area contributed by atoms with Crippen LogP contribution in [0.2, 0.25) is 0 Å². The molecular weight excluding hydrogens is 410 g/mol. The van der Waals surface area contributed by atoms with Gasteiger partial charge in [-0.25, -0.2) is 4.79 Å². The molecule has 1 aliphatic carbocycles. The van der Waals surface area contributed by atoms with Crippen molar-refractivity contribution in [1.29, 1.82) is 0 Å². The summed E-state index contributed by atoms with van der Waals surface area (Å²) in [6, 6.07) is 0.390. The highest BCUT2D eigenvalue weighted by molar-refractivity contribution is 7.99. The topological polar surface area (TPSA) is 87.7 Å². The molecular formula is C20H31N3O4S2. The van der Waals surface area contributed by atoms with Crippen LogP contribution in [0.5, 0.6) is 0 Å². The number of anilines is 1. The Morgan fingerprint density at radius 3 is 2.62 bits per heavy atom. The van der Waals surface area contributed by atoms with E-state index in [0.29, 0.717) is 26.7 Å². The van der Waals surface area contributed by atoms with Gasteiger partial charge in [-0.05, 0) is 51.5 Å². The van der Waals surface area contributed by atoms with Crippen LogP contribution in [0.25, 0.3) is 0 Å². The Kier molecular flexibility index (Phi) is 8.98. The van der Waals surface area contributed by atoms with Crippen molar-refractivity contribution in [1.82, 2.24) is 10.2 Å². The van der Waals surface area contributed by atoms with Crippen molar-refractivity contribution in [2.24, 2.45) is 0 Å². The third-order valence-electron chi connectivity index (χ3n) is 5.09. The zero-order chi connectivity index (χ0) is 21.6. The van der Waals surface area contributed by atoms with Crippen LogP contribution >= 0.6 is 23.1 Å². The zero-order valence-electron chi connectivity index (χ0n) is 17.8. The highest BCUT2D eigenvalue weighted by atomic mass is 32.2. The lowest BCUT2D eigenvalue weighted by Gasteiger charge is -2.23. The average molecular weight is 442 g/mol. The number of amides is 2. The van der Waals surface area contributed by atoms with Gasteiger partial charge in [0.15, 0.2) is 0 Å². The smallest absolute Gasteiger partial charge is 0.341 e. The van der Waals surface area contributed by atoms with E-state index in [4.69, 9.17) is 4.74 Å². The minimum atomic E-state index is -0.532. The normalized spacial score (nSPS) is 18.7. The van der Waals surface area contributed by atoms with E-state index in [1.165, 1.54) is 13.5 Å². The Balaban J connectivity index is 2.10. The van der Waals surface area contributed by atoms with E-state index in [9.17, 15) is 14.4 Å². The molecule has 1 saturated carbocycles. The molecule has 1 aromatic rings. The number of likely N-dealkylation sites (N-methyl/N-ethyl adjacent to an activating group) is 1. The standard InChI is InChI=1S/C20H31N3O4S2/c1-6-27-20(26)16-12(3)17(18(25)21-4)29-19(16)22-15(24)11-23(5)13-8-9-14(10-13)28-7-2/h13-14H,6-11H2,1-5H3,(H,21,25)(H,22,24)/t13-,14+/m0/s1. The zero-order valence-corrected chi connectivity index (χ0v) is 19.4. The van der Waals surface area contributed by atoms with Crippen LogP contribution in [0.15, 0.2) is 0 Å². The summed E-state index contributed by atoms with van der Waals surface area (Å²) in [5, 5.41) is 6.43. The molecule has 2 N–H and O–H groups in total. The van der Waals surface area contributed by atoms with Gasteiger partial charge in [-0.2, -0.15) is 11.8 Å². The second-order valence-corrected chi connectivity index (χ2v) is 9.67. The van der Waals surface area contributed by atoms with Crippen molar-refractivity contribution >= 4 is 45.9 Å². The highest BCUT2D eigenvalue weighted by Gasteiger charge is 2.30. The highest BCUT2D eigenvalue weighted by Crippen LogP contribution is 2.34. The summed E-state index contributed by atoms with van der Waals surface area (Å²) in [5.74, 6) is 0.0922. The Hall–Kier alpha value is -1.58. The van der Waals surface area contributed by atoms with Crippen LogP contribution in [-0.4, -0.2) is 67.0 Å². The number of nitrogens with zero attached hydrogens (tertiary/aromatic N) is 1. The van der Waals surface area contributed by atoms with E-state index in [1.54, 1.807) is 13.8 Å². The Morgan fingerprint density at radius 2 is 2.00 bits per heavy atom. The van der Waals surface area contributed by atoms with Gasteiger partial charge in [-0.15, -0.1) is 11.3 Å². The molecule has 2 amide bonds. The third kappa shape index (κ3) is 5.96. The van der Waals surface area contributed by atoms with Gasteiger partial charge in [-0.3, -0.25) is 14.5 Å². The number of esters is 1. The Morgan fingerprint density at radius 1 is 1.28 bits per heavy atom. The van der Waals surface area contributed by atoms with Crippen molar-refractivity contribution in [3.05, 3.63) is 16.0 Å². The molecule has 0 radical (unpaired) electrons. The SMILES string of the molecule is CCOC(=O)c1c(NC(=O)CN(C)[C@H]2CC[C@@H](SCC)C2)sc(C(=O)NC)c1C. The number of hydrogen-bond donors (Lipinski definition) is 2. The lowest BCUT2D eigenvalue weighted by molar-refractivity contribution is -0.117. The number of rotatable bonds is 9. The summed E-state index contributed by atoms with van der Waals surface area (Å²) in [7, 11) is 3.50. The van der Waals surface area contributed by atoms with E-state index in [2.05, 4.69) is 22.5 Å². The quantitative estimate of drug-likeness (QED) is 0.573. The summed E-state index contributed by atoms with van der Waals surface area (Å²) in [5.41, 5.74) is 0.776. The lowest BCUT2D eigenvalue weighted by atomic mass is 10.1. The molecule has 0 saturated heterocycles. The molecule has 0 bridgehead atoms. The van der Waals surface area contributed by atoms with Crippen LogP contribution in [-0.2, 0) is 9.53 Å². The van der Waals surface area contributed by atoms with Crippen molar-refractivity contribution in [3.8, 4) is 0 Å². The van der Waals surface area contributed by atoms with Crippen LogP contribution in [0.3, 0.4) is 0 Å². The molecule has 2 rings (SSSR count). The molecule has 2 atom stereocenters. The van der Waals surface area contributed by atoms with Gasteiger partial charge in [0.05, 0.1) is 23.6 Å². The van der Waals surface area contributed by atoms with Gasteiger partial charge in [0.1, 0.15) is 5.00 Å². The number of carbonyl (C=O) groups is 3. The monoisotopic (exact) mass is 441 g/mol. The van der Waals surface area contributed by atoms with Gasteiger partial charge >= 0.3 is 5.97 Å². The van der Waals surface area contributed by atoms with E-state index in [0.717, 1.165) is 29.9 Å². The van der Waals surface area contributed by atoms with E-state index < -0.39 is 5.97 Å².